The number of nitrogens with zero attached hydrogens (tertiary/aromatic N) is 1. The van der Waals surface area contributed by atoms with Gasteiger partial charge in [0, 0.05) is 12.1 Å². The van der Waals surface area contributed by atoms with Crippen molar-refractivity contribution >= 4 is 10.0 Å². The second kappa shape index (κ2) is 6.55. The zero-order valence-electron chi connectivity index (χ0n) is 12.3. The van der Waals surface area contributed by atoms with Crippen LogP contribution in [0.5, 0.6) is 0 Å². The molecule has 2 rings (SSSR count). The van der Waals surface area contributed by atoms with Gasteiger partial charge < -0.3 is 5.32 Å². The molecule has 2 heterocycles. The molecular formula is C14H28N2O2S. The quantitative estimate of drug-likeness (QED) is 0.860. The number of hydrogen-bond donors (Lipinski definition) is 1. The highest BCUT2D eigenvalue weighted by atomic mass is 32.2. The smallest absolute Gasteiger partial charge is 0.214 e. The lowest BCUT2D eigenvalue weighted by Crippen LogP contribution is -2.48. The van der Waals surface area contributed by atoms with Gasteiger partial charge in [0.05, 0.1) is 5.75 Å². The summed E-state index contributed by atoms with van der Waals surface area (Å²) in [6, 6.07) is 0.364. The van der Waals surface area contributed by atoms with Gasteiger partial charge in [0.1, 0.15) is 0 Å². The Morgan fingerprint density at radius 3 is 2.21 bits per heavy atom. The van der Waals surface area contributed by atoms with Crippen LogP contribution in [0.3, 0.4) is 0 Å². The van der Waals surface area contributed by atoms with Gasteiger partial charge in [0.25, 0.3) is 0 Å². The van der Waals surface area contributed by atoms with Crippen LogP contribution in [-0.2, 0) is 10.0 Å². The van der Waals surface area contributed by atoms with Crippen molar-refractivity contribution in [3.05, 3.63) is 0 Å². The van der Waals surface area contributed by atoms with E-state index in [1.54, 1.807) is 4.31 Å². The maximum atomic E-state index is 12.6. The Labute approximate surface area is 118 Å². The Balaban J connectivity index is 1.92. The van der Waals surface area contributed by atoms with Gasteiger partial charge in [-0.05, 0) is 65.0 Å². The Bertz CT molecular complexity index is 367. The molecule has 1 N–H and O–H groups in total. The molecule has 4 nitrogen and oxygen atoms in total. The summed E-state index contributed by atoms with van der Waals surface area (Å²) >= 11 is 0. The summed E-state index contributed by atoms with van der Waals surface area (Å²) in [6.07, 6.45) is 6.26. The first-order chi connectivity index (χ1) is 9.00. The summed E-state index contributed by atoms with van der Waals surface area (Å²) in [6.45, 7) is 6.19. The predicted octanol–water partition coefficient (Wildman–Crippen LogP) is 1.97. The average molecular weight is 288 g/mol. The van der Waals surface area contributed by atoms with E-state index >= 15 is 0 Å². The minimum atomic E-state index is -3.07. The molecule has 0 amide bonds. The van der Waals surface area contributed by atoms with Crippen molar-refractivity contribution in [3.8, 4) is 0 Å². The number of sulfonamides is 1. The molecule has 19 heavy (non-hydrogen) atoms. The molecule has 2 saturated heterocycles. The van der Waals surface area contributed by atoms with E-state index in [-0.39, 0.29) is 12.1 Å². The zero-order valence-corrected chi connectivity index (χ0v) is 13.1. The minimum Gasteiger partial charge on any atom is -0.317 e. The highest BCUT2D eigenvalue weighted by molar-refractivity contribution is 7.89. The third-order valence-corrected chi connectivity index (χ3v) is 6.79. The highest BCUT2D eigenvalue weighted by Gasteiger charge is 2.34. The van der Waals surface area contributed by atoms with Crippen LogP contribution in [0.15, 0.2) is 0 Å². The van der Waals surface area contributed by atoms with Crippen LogP contribution in [-0.4, -0.2) is 43.6 Å². The van der Waals surface area contributed by atoms with Gasteiger partial charge in [-0.1, -0.05) is 6.42 Å². The Hall–Kier alpha value is -0.130. The van der Waals surface area contributed by atoms with Crippen LogP contribution >= 0.6 is 0 Å². The Morgan fingerprint density at radius 1 is 1.05 bits per heavy atom. The normalized spacial score (nSPS) is 31.5. The van der Waals surface area contributed by atoms with E-state index in [0.29, 0.717) is 11.7 Å². The summed E-state index contributed by atoms with van der Waals surface area (Å²) in [5, 5.41) is 3.33. The predicted molar refractivity (Wildman–Crippen MR) is 78.6 cm³/mol. The van der Waals surface area contributed by atoms with Crippen LogP contribution in [0, 0.1) is 5.92 Å². The standard InChI is InChI=1S/C14H28N2O2S/c1-12-4-3-5-13(2)16(12)19(17,18)11-8-14-6-9-15-10-7-14/h12-15H,3-11H2,1-2H3/t12-,13+. The topological polar surface area (TPSA) is 49.4 Å². The maximum absolute atomic E-state index is 12.6. The third-order valence-electron chi connectivity index (χ3n) is 4.68. The molecule has 2 atom stereocenters. The fourth-order valence-electron chi connectivity index (χ4n) is 3.54. The van der Waals surface area contributed by atoms with E-state index in [4.69, 9.17) is 0 Å². The number of rotatable bonds is 4. The summed E-state index contributed by atoms with van der Waals surface area (Å²) in [7, 11) is -3.07. The van der Waals surface area contributed by atoms with Crippen LogP contribution in [0.1, 0.15) is 52.4 Å². The second-order valence-electron chi connectivity index (χ2n) is 6.26. The minimum absolute atomic E-state index is 0.182. The lowest BCUT2D eigenvalue weighted by atomic mass is 9.96. The molecule has 0 saturated carbocycles. The van der Waals surface area contributed by atoms with Gasteiger partial charge in [-0.2, -0.15) is 4.31 Å². The van der Waals surface area contributed by atoms with Crippen LogP contribution in [0.25, 0.3) is 0 Å². The molecular weight excluding hydrogens is 260 g/mol. The molecule has 0 aromatic rings. The van der Waals surface area contributed by atoms with Crippen LogP contribution in [0.4, 0.5) is 0 Å². The molecule has 0 bridgehead atoms. The summed E-state index contributed by atoms with van der Waals surface area (Å²) in [5.74, 6) is 0.929. The Morgan fingerprint density at radius 2 is 1.63 bits per heavy atom. The lowest BCUT2D eigenvalue weighted by Gasteiger charge is -2.38. The molecule has 2 aliphatic rings. The van der Waals surface area contributed by atoms with Crippen molar-refractivity contribution in [2.45, 2.75) is 64.5 Å². The van der Waals surface area contributed by atoms with E-state index in [2.05, 4.69) is 19.2 Å². The fourth-order valence-corrected chi connectivity index (χ4v) is 5.69. The van der Waals surface area contributed by atoms with E-state index in [1.165, 1.54) is 0 Å². The third kappa shape index (κ3) is 3.92. The molecule has 0 spiro atoms. The van der Waals surface area contributed by atoms with Gasteiger partial charge in [0.2, 0.25) is 10.0 Å². The van der Waals surface area contributed by atoms with Crippen molar-refractivity contribution in [2.75, 3.05) is 18.8 Å². The molecule has 0 radical (unpaired) electrons. The van der Waals surface area contributed by atoms with Crippen molar-refractivity contribution in [1.82, 2.24) is 9.62 Å². The molecule has 0 aliphatic carbocycles. The molecule has 0 aromatic heterocycles. The number of piperidine rings is 2. The lowest BCUT2D eigenvalue weighted by molar-refractivity contribution is 0.203. The van der Waals surface area contributed by atoms with Crippen molar-refractivity contribution in [2.24, 2.45) is 5.92 Å². The van der Waals surface area contributed by atoms with E-state index < -0.39 is 10.0 Å². The average Bonchev–Trinajstić information content (AvgIpc) is 2.37. The molecule has 5 heteroatoms. The van der Waals surface area contributed by atoms with Crippen molar-refractivity contribution < 1.29 is 8.42 Å². The first-order valence-corrected chi connectivity index (χ1v) is 9.33. The van der Waals surface area contributed by atoms with Gasteiger partial charge in [-0.3, -0.25) is 0 Å². The number of nitrogens with one attached hydrogen (secondary N) is 1. The monoisotopic (exact) mass is 288 g/mol. The van der Waals surface area contributed by atoms with E-state index in [9.17, 15) is 8.42 Å². The molecule has 2 fully saturated rings. The number of hydrogen-bond acceptors (Lipinski definition) is 3. The maximum Gasteiger partial charge on any atom is 0.214 e. The first-order valence-electron chi connectivity index (χ1n) is 7.72. The van der Waals surface area contributed by atoms with Crippen LogP contribution in [0.2, 0.25) is 0 Å². The van der Waals surface area contributed by atoms with Gasteiger partial charge in [0.15, 0.2) is 0 Å². The Kier molecular flexibility index (Phi) is 5.26. The molecule has 2 aliphatic heterocycles. The largest absolute Gasteiger partial charge is 0.317 e. The summed E-state index contributed by atoms with van der Waals surface area (Å²) in [4.78, 5) is 0. The van der Waals surface area contributed by atoms with E-state index in [0.717, 1.165) is 51.6 Å². The molecule has 0 unspecified atom stereocenters. The van der Waals surface area contributed by atoms with Crippen molar-refractivity contribution in [3.63, 3.8) is 0 Å². The summed E-state index contributed by atoms with van der Waals surface area (Å²) < 4.78 is 26.9. The van der Waals surface area contributed by atoms with Gasteiger partial charge in [-0.15, -0.1) is 0 Å². The molecule has 112 valence electrons. The van der Waals surface area contributed by atoms with Crippen LogP contribution < -0.4 is 5.32 Å². The van der Waals surface area contributed by atoms with Gasteiger partial charge >= 0.3 is 0 Å². The highest BCUT2D eigenvalue weighted by Crippen LogP contribution is 2.27. The SMILES string of the molecule is C[C@@H]1CCC[C@H](C)N1S(=O)(=O)CCC1CCNCC1. The first kappa shape index (κ1) is 15.3. The molecule has 0 aromatic carbocycles. The second-order valence-corrected chi connectivity index (χ2v) is 8.25. The van der Waals surface area contributed by atoms with E-state index in [1.807, 2.05) is 0 Å². The zero-order chi connectivity index (χ0) is 13.9. The van der Waals surface area contributed by atoms with Crippen molar-refractivity contribution in [1.29, 1.82) is 0 Å². The fraction of sp³-hybridized carbons (Fsp3) is 1.00. The summed E-state index contributed by atoms with van der Waals surface area (Å²) in [5.41, 5.74) is 0. The van der Waals surface area contributed by atoms with Gasteiger partial charge in [-0.25, -0.2) is 8.42 Å².